The van der Waals surface area contributed by atoms with Crippen LogP contribution in [0.4, 0.5) is 34.1 Å². The number of rotatable bonds is 6. The number of benzene rings is 11. The second-order valence-corrected chi connectivity index (χ2v) is 19.1. The van der Waals surface area contributed by atoms with Crippen LogP contribution in [-0.2, 0) is 0 Å². The van der Waals surface area contributed by atoms with Gasteiger partial charge in [0.2, 0.25) is 0 Å². The molecule has 17 aromatic rings. The number of fused-ring (bicyclic) bond motifs is 20. The first kappa shape index (κ1) is 38.8. The third kappa shape index (κ3) is 5.21. The monoisotopic (exact) mass is 935 g/mol. The number of hydrogen-bond donors (Lipinski definition) is 0. The van der Waals surface area contributed by atoms with Crippen molar-refractivity contribution in [3.05, 3.63) is 224 Å². The van der Waals surface area contributed by atoms with Gasteiger partial charge in [-0.05, 0) is 84.9 Å². The van der Waals surface area contributed by atoms with E-state index < -0.39 is 0 Å². The Labute approximate surface area is 414 Å². The highest BCUT2D eigenvalue weighted by Gasteiger charge is 2.32. The number of para-hydroxylation sites is 8. The van der Waals surface area contributed by atoms with Crippen LogP contribution >= 0.6 is 0 Å². The van der Waals surface area contributed by atoms with Crippen LogP contribution in [0.25, 0.3) is 126 Å². The molecule has 11 aromatic carbocycles. The Morgan fingerprint density at radius 1 is 0.247 bits per heavy atom. The van der Waals surface area contributed by atoms with Crippen LogP contribution in [0.3, 0.4) is 0 Å². The molecule has 0 unspecified atom stereocenters. The van der Waals surface area contributed by atoms with Crippen LogP contribution in [0.5, 0.6) is 0 Å². The van der Waals surface area contributed by atoms with Gasteiger partial charge in [-0.2, -0.15) is 0 Å². The Morgan fingerprint density at radius 3 is 1.26 bits per heavy atom. The molecule has 0 aliphatic carbocycles. The smallest absolute Gasteiger partial charge is 0.160 e. The molecule has 17 rings (SSSR count). The van der Waals surface area contributed by atoms with Gasteiger partial charge in [0.1, 0.15) is 38.9 Å². The summed E-state index contributed by atoms with van der Waals surface area (Å²) in [5, 5.41) is 12.7. The molecular formula is C66H37N3O4. The van der Waals surface area contributed by atoms with Crippen molar-refractivity contribution in [2.75, 3.05) is 9.80 Å². The molecule has 7 nitrogen and oxygen atoms in total. The van der Waals surface area contributed by atoms with Crippen LogP contribution in [0.15, 0.2) is 242 Å². The van der Waals surface area contributed by atoms with Crippen molar-refractivity contribution >= 4 is 160 Å². The predicted octanol–water partition coefficient (Wildman–Crippen LogP) is 19.4. The van der Waals surface area contributed by atoms with E-state index in [1.165, 1.54) is 0 Å². The lowest BCUT2D eigenvalue weighted by Crippen LogP contribution is -2.11. The third-order valence-electron chi connectivity index (χ3n) is 15.2. The highest BCUT2D eigenvalue weighted by Crippen LogP contribution is 2.55. The van der Waals surface area contributed by atoms with Crippen molar-refractivity contribution in [2.24, 2.45) is 0 Å². The summed E-state index contributed by atoms with van der Waals surface area (Å²) in [4.78, 5) is 4.79. The lowest BCUT2D eigenvalue weighted by molar-refractivity contribution is 0.668. The molecule has 73 heavy (non-hydrogen) atoms. The Bertz CT molecular complexity index is 5110. The van der Waals surface area contributed by atoms with Crippen molar-refractivity contribution in [2.45, 2.75) is 0 Å². The lowest BCUT2D eigenvalue weighted by atomic mass is 10.0. The van der Waals surface area contributed by atoms with Gasteiger partial charge in [-0.15, -0.1) is 0 Å². The number of nitrogens with zero attached hydrogens (tertiary/aromatic N) is 3. The zero-order valence-electron chi connectivity index (χ0n) is 38.8. The molecule has 0 aliphatic rings. The Balaban J connectivity index is 1.07. The van der Waals surface area contributed by atoms with Gasteiger partial charge in [0.15, 0.2) is 16.7 Å². The van der Waals surface area contributed by atoms with E-state index in [1.54, 1.807) is 0 Å². The molecule has 0 aliphatic heterocycles. The van der Waals surface area contributed by atoms with Crippen molar-refractivity contribution in [1.29, 1.82) is 0 Å². The average Bonchev–Trinajstić information content (AvgIpc) is 4.37. The minimum atomic E-state index is 0.803. The summed E-state index contributed by atoms with van der Waals surface area (Å²) in [6.45, 7) is 0. The first-order valence-electron chi connectivity index (χ1n) is 24.7. The summed E-state index contributed by atoms with van der Waals surface area (Å²) < 4.78 is 30.1. The molecule has 0 amide bonds. The molecule has 0 spiro atoms. The molecule has 0 bridgehead atoms. The summed E-state index contributed by atoms with van der Waals surface area (Å²) in [6, 6.07) is 79.2. The molecule has 6 heterocycles. The number of furan rings is 4. The molecule has 6 aromatic heterocycles. The second-order valence-electron chi connectivity index (χ2n) is 19.1. The van der Waals surface area contributed by atoms with Gasteiger partial charge < -0.3 is 31.9 Å². The maximum absolute atomic E-state index is 7.18. The topological polar surface area (TPSA) is 63.5 Å². The predicted molar refractivity (Wildman–Crippen MR) is 300 cm³/mol. The van der Waals surface area contributed by atoms with Gasteiger partial charge in [0.25, 0.3) is 0 Å². The van der Waals surface area contributed by atoms with Crippen LogP contribution in [0, 0.1) is 0 Å². The van der Waals surface area contributed by atoms with Gasteiger partial charge in [0, 0.05) is 81.7 Å². The molecule has 0 radical (unpaired) electrons. The largest absolute Gasteiger partial charge is 0.456 e. The Morgan fingerprint density at radius 2 is 0.671 bits per heavy atom. The summed E-state index contributed by atoms with van der Waals surface area (Å²) in [7, 11) is 0. The zero-order chi connectivity index (χ0) is 47.5. The number of aromatic nitrogens is 1. The highest BCUT2D eigenvalue weighted by atomic mass is 16.3. The minimum absolute atomic E-state index is 0.803. The van der Waals surface area contributed by atoms with Gasteiger partial charge in [-0.1, -0.05) is 140 Å². The third-order valence-corrected chi connectivity index (χ3v) is 15.2. The van der Waals surface area contributed by atoms with Gasteiger partial charge in [-0.3, -0.25) is 0 Å². The lowest BCUT2D eigenvalue weighted by Gasteiger charge is -2.27. The first-order valence-corrected chi connectivity index (χ1v) is 24.7. The van der Waals surface area contributed by atoms with E-state index in [1.807, 2.05) is 18.2 Å². The molecule has 0 saturated carbocycles. The maximum atomic E-state index is 7.18. The summed E-state index contributed by atoms with van der Waals surface area (Å²) in [5.74, 6) is 0. The summed E-state index contributed by atoms with van der Waals surface area (Å²) in [6.07, 6.45) is 0. The molecule has 0 saturated heterocycles. The first-order chi connectivity index (χ1) is 36.2. The molecule has 0 N–H and O–H groups in total. The van der Waals surface area contributed by atoms with Crippen molar-refractivity contribution in [3.63, 3.8) is 0 Å². The van der Waals surface area contributed by atoms with Crippen molar-refractivity contribution < 1.29 is 17.7 Å². The SMILES string of the molecule is c1ccc(N(c2ccc3oc4ccccc4c3c2)c2cc3c4ccccc4oc3c3c2c2cccc4c5c(N(c6ccccc6)c6cccc7c6oc6ccccc67)cc6c7ccccc7oc6c5n3c24)cc1. The quantitative estimate of drug-likeness (QED) is 0.166. The molecular weight excluding hydrogens is 899 g/mol. The van der Waals surface area contributed by atoms with E-state index in [0.29, 0.717) is 0 Å². The second kappa shape index (κ2) is 14.3. The average molecular weight is 936 g/mol. The van der Waals surface area contributed by atoms with E-state index >= 15 is 0 Å². The fourth-order valence-corrected chi connectivity index (χ4v) is 12.2. The Kier molecular flexibility index (Phi) is 7.61. The van der Waals surface area contributed by atoms with E-state index in [-0.39, 0.29) is 0 Å². The Hall–Kier alpha value is -9.98. The van der Waals surface area contributed by atoms with Crippen molar-refractivity contribution in [3.8, 4) is 0 Å². The number of hydrogen-bond acceptors (Lipinski definition) is 6. The van der Waals surface area contributed by atoms with Crippen LogP contribution in [-0.4, -0.2) is 4.40 Å². The van der Waals surface area contributed by atoms with Crippen LogP contribution in [0.2, 0.25) is 0 Å². The summed E-state index contributed by atoms with van der Waals surface area (Å²) >= 11 is 0. The van der Waals surface area contributed by atoms with Crippen LogP contribution < -0.4 is 9.80 Å². The zero-order valence-corrected chi connectivity index (χ0v) is 38.8. The van der Waals surface area contributed by atoms with E-state index in [9.17, 15) is 0 Å². The van der Waals surface area contributed by atoms with Gasteiger partial charge >= 0.3 is 0 Å². The molecule has 7 heteroatoms. The molecule has 0 atom stereocenters. The van der Waals surface area contributed by atoms with Crippen LogP contribution in [0.1, 0.15) is 0 Å². The highest BCUT2D eigenvalue weighted by molar-refractivity contribution is 6.36. The normalized spacial score (nSPS) is 12.4. The van der Waals surface area contributed by atoms with E-state index in [0.717, 1.165) is 160 Å². The van der Waals surface area contributed by atoms with Gasteiger partial charge in [-0.25, -0.2) is 0 Å². The fourth-order valence-electron chi connectivity index (χ4n) is 12.2. The van der Waals surface area contributed by atoms with E-state index in [4.69, 9.17) is 17.7 Å². The molecule has 340 valence electrons. The van der Waals surface area contributed by atoms with Gasteiger partial charge in [0.05, 0.1) is 22.6 Å². The van der Waals surface area contributed by atoms with Crippen molar-refractivity contribution in [1.82, 2.24) is 4.40 Å². The molecule has 0 fully saturated rings. The standard InChI is InChI=1S/C66H37N3O4/c1-3-17-38(18-4-1)67(40-33-34-58-48(35-40)42-22-8-11-29-54(42)70-58)52-36-49-43-23-9-13-31-56(43)72-65(49)62-59(52)46-26-15-27-47-60-53(37-50-44-24-10-14-32-57(44)73-66(50)63(60)69(62)61(46)47)68(39-19-5-2-6-20-39)51-28-16-25-45-41-21-7-12-30-55(41)71-64(45)51/h1-37H. The minimum Gasteiger partial charge on any atom is -0.456 e. The summed E-state index contributed by atoms with van der Waals surface area (Å²) in [5.41, 5.74) is 15.6. The number of anilines is 6. The fraction of sp³-hybridized carbons (Fsp3) is 0. The van der Waals surface area contributed by atoms with E-state index in [2.05, 4.69) is 220 Å². The maximum Gasteiger partial charge on any atom is 0.160 e.